The molecule has 0 atom stereocenters. The Balaban J connectivity index is 1.58. The van der Waals surface area contributed by atoms with Gasteiger partial charge in [-0.15, -0.1) is 0 Å². The van der Waals surface area contributed by atoms with Crippen molar-refractivity contribution < 1.29 is 13.9 Å². The maximum Gasteiger partial charge on any atom is 0.252 e. The number of methoxy groups -OCH3 is 1. The maximum absolute atomic E-state index is 12.2. The Kier molecular flexibility index (Phi) is 5.81. The average molecular weight is 391 g/mol. The number of carbonyl (C=O) groups is 1. The van der Waals surface area contributed by atoms with Gasteiger partial charge in [0.05, 0.1) is 28.4 Å². The number of benzene rings is 2. The highest BCUT2D eigenvalue weighted by Gasteiger charge is 2.13. The van der Waals surface area contributed by atoms with E-state index in [1.165, 1.54) is 0 Å². The SMILES string of the molecule is COc1ccc(-c2nc(CCNC(=O)c3cccc(Cl)c3Cl)co2)cc1. The molecule has 0 unspecified atom stereocenters. The lowest BCUT2D eigenvalue weighted by atomic mass is 10.2. The number of rotatable bonds is 6. The third kappa shape index (κ3) is 4.18. The highest BCUT2D eigenvalue weighted by molar-refractivity contribution is 6.43. The molecule has 1 heterocycles. The van der Waals surface area contributed by atoms with Crippen LogP contribution in [0.2, 0.25) is 10.0 Å². The number of halogens is 2. The molecule has 0 bridgehead atoms. The van der Waals surface area contributed by atoms with Crippen LogP contribution < -0.4 is 10.1 Å². The largest absolute Gasteiger partial charge is 0.497 e. The number of nitrogens with zero attached hydrogens (tertiary/aromatic N) is 1. The van der Waals surface area contributed by atoms with Gasteiger partial charge >= 0.3 is 0 Å². The molecule has 0 aliphatic heterocycles. The number of hydrogen-bond acceptors (Lipinski definition) is 4. The topological polar surface area (TPSA) is 64.4 Å². The van der Waals surface area contributed by atoms with E-state index in [9.17, 15) is 4.79 Å². The Hall–Kier alpha value is -2.50. The molecule has 2 aromatic carbocycles. The van der Waals surface area contributed by atoms with E-state index in [-0.39, 0.29) is 10.9 Å². The molecule has 134 valence electrons. The van der Waals surface area contributed by atoms with E-state index in [0.29, 0.717) is 29.4 Å². The molecule has 0 saturated carbocycles. The smallest absolute Gasteiger partial charge is 0.252 e. The summed E-state index contributed by atoms with van der Waals surface area (Å²) in [5.74, 6) is 1.01. The summed E-state index contributed by atoms with van der Waals surface area (Å²) < 4.78 is 10.6. The number of aromatic nitrogens is 1. The zero-order valence-corrected chi connectivity index (χ0v) is 15.5. The number of nitrogens with one attached hydrogen (secondary N) is 1. The molecule has 26 heavy (non-hydrogen) atoms. The van der Waals surface area contributed by atoms with E-state index in [1.54, 1.807) is 31.6 Å². The van der Waals surface area contributed by atoms with Crippen LogP contribution in [0.1, 0.15) is 16.1 Å². The summed E-state index contributed by atoms with van der Waals surface area (Å²) in [5.41, 5.74) is 1.94. The van der Waals surface area contributed by atoms with Crippen LogP contribution in [0.4, 0.5) is 0 Å². The first kappa shape index (κ1) is 18.3. The molecule has 3 aromatic rings. The lowest BCUT2D eigenvalue weighted by molar-refractivity contribution is 0.0954. The van der Waals surface area contributed by atoms with Crippen molar-refractivity contribution in [2.24, 2.45) is 0 Å². The molecule has 0 fully saturated rings. The standard InChI is InChI=1S/C19H16Cl2N2O3/c1-25-14-7-5-12(6-8-14)19-23-13(11-26-19)9-10-22-18(24)15-3-2-4-16(20)17(15)21/h2-8,11H,9-10H2,1H3,(H,22,24). The first-order valence-corrected chi connectivity index (χ1v) is 8.65. The first-order valence-electron chi connectivity index (χ1n) is 7.89. The summed E-state index contributed by atoms with van der Waals surface area (Å²) in [6.07, 6.45) is 2.11. The minimum atomic E-state index is -0.281. The van der Waals surface area contributed by atoms with Gasteiger partial charge < -0.3 is 14.5 Å². The van der Waals surface area contributed by atoms with Crippen LogP contribution >= 0.6 is 23.2 Å². The molecule has 7 heteroatoms. The highest BCUT2D eigenvalue weighted by atomic mass is 35.5. The molecule has 0 radical (unpaired) electrons. The lowest BCUT2D eigenvalue weighted by Crippen LogP contribution is -2.26. The van der Waals surface area contributed by atoms with Crippen LogP contribution in [-0.4, -0.2) is 24.5 Å². The maximum atomic E-state index is 12.2. The molecular weight excluding hydrogens is 375 g/mol. The van der Waals surface area contributed by atoms with Gasteiger partial charge in [-0.25, -0.2) is 4.98 Å². The molecule has 1 amide bonds. The fraction of sp³-hybridized carbons (Fsp3) is 0.158. The number of carbonyl (C=O) groups excluding carboxylic acids is 1. The van der Waals surface area contributed by atoms with Crippen molar-refractivity contribution in [2.75, 3.05) is 13.7 Å². The normalized spacial score (nSPS) is 10.6. The Morgan fingerprint density at radius 3 is 2.69 bits per heavy atom. The van der Waals surface area contributed by atoms with Gasteiger partial charge in [-0.05, 0) is 36.4 Å². The molecule has 3 rings (SSSR count). The Morgan fingerprint density at radius 2 is 1.96 bits per heavy atom. The predicted octanol–water partition coefficient (Wildman–Crippen LogP) is 4.63. The van der Waals surface area contributed by atoms with Crippen LogP contribution in [0.25, 0.3) is 11.5 Å². The third-order valence-electron chi connectivity index (χ3n) is 3.75. The Bertz CT molecular complexity index is 907. The van der Waals surface area contributed by atoms with Gasteiger partial charge in [-0.3, -0.25) is 4.79 Å². The number of oxazole rings is 1. The van der Waals surface area contributed by atoms with Crippen molar-refractivity contribution in [3.05, 3.63) is 70.0 Å². The van der Waals surface area contributed by atoms with E-state index < -0.39 is 0 Å². The van der Waals surface area contributed by atoms with Crippen molar-refractivity contribution in [2.45, 2.75) is 6.42 Å². The van der Waals surface area contributed by atoms with Crippen molar-refractivity contribution in [3.63, 3.8) is 0 Å². The second kappa shape index (κ2) is 8.25. The van der Waals surface area contributed by atoms with Crippen molar-refractivity contribution in [1.29, 1.82) is 0 Å². The van der Waals surface area contributed by atoms with Crippen LogP contribution in [0.5, 0.6) is 5.75 Å². The van der Waals surface area contributed by atoms with E-state index in [4.69, 9.17) is 32.4 Å². The summed E-state index contributed by atoms with van der Waals surface area (Å²) in [5, 5.41) is 3.39. The van der Waals surface area contributed by atoms with Gasteiger partial charge in [0.1, 0.15) is 12.0 Å². The number of ether oxygens (including phenoxy) is 1. The minimum absolute atomic E-state index is 0.245. The molecule has 5 nitrogen and oxygen atoms in total. The molecule has 1 N–H and O–H groups in total. The van der Waals surface area contributed by atoms with Crippen molar-refractivity contribution in [1.82, 2.24) is 10.3 Å². The van der Waals surface area contributed by atoms with Gasteiger partial charge in [0.15, 0.2) is 0 Å². The summed E-state index contributed by atoms with van der Waals surface area (Å²) in [6.45, 7) is 0.399. The van der Waals surface area contributed by atoms with Crippen molar-refractivity contribution in [3.8, 4) is 17.2 Å². The van der Waals surface area contributed by atoms with Crippen molar-refractivity contribution >= 4 is 29.1 Å². The van der Waals surface area contributed by atoms with Crippen LogP contribution in [0, 0.1) is 0 Å². The van der Waals surface area contributed by atoms with E-state index >= 15 is 0 Å². The van der Waals surface area contributed by atoms with Crippen LogP contribution in [0.3, 0.4) is 0 Å². The highest BCUT2D eigenvalue weighted by Crippen LogP contribution is 2.25. The quantitative estimate of drug-likeness (QED) is 0.666. The second-order valence-electron chi connectivity index (χ2n) is 5.48. The van der Waals surface area contributed by atoms with Gasteiger partial charge in [0.25, 0.3) is 5.91 Å². The Labute approximate surface area is 160 Å². The average Bonchev–Trinajstić information content (AvgIpc) is 3.13. The van der Waals surface area contributed by atoms with Gasteiger partial charge in [0.2, 0.25) is 5.89 Å². The fourth-order valence-corrected chi connectivity index (χ4v) is 2.75. The molecule has 0 spiro atoms. The monoisotopic (exact) mass is 390 g/mol. The second-order valence-corrected chi connectivity index (χ2v) is 6.26. The molecular formula is C19H16Cl2N2O3. The molecule has 0 aliphatic carbocycles. The Morgan fingerprint density at radius 1 is 1.19 bits per heavy atom. The zero-order chi connectivity index (χ0) is 18.5. The minimum Gasteiger partial charge on any atom is -0.497 e. The predicted molar refractivity (Wildman–Crippen MR) is 101 cm³/mol. The van der Waals surface area contributed by atoms with Crippen LogP contribution in [0.15, 0.2) is 53.1 Å². The summed E-state index contributed by atoms with van der Waals surface area (Å²) in [4.78, 5) is 16.6. The molecule has 0 saturated heterocycles. The van der Waals surface area contributed by atoms with E-state index in [1.807, 2.05) is 24.3 Å². The lowest BCUT2D eigenvalue weighted by Gasteiger charge is -2.06. The molecule has 1 aromatic heterocycles. The fourth-order valence-electron chi connectivity index (χ4n) is 2.37. The summed E-state index contributed by atoms with van der Waals surface area (Å²) in [7, 11) is 1.61. The van der Waals surface area contributed by atoms with Gasteiger partial charge in [-0.1, -0.05) is 29.3 Å². The molecule has 0 aliphatic rings. The van der Waals surface area contributed by atoms with Gasteiger partial charge in [-0.2, -0.15) is 0 Å². The van der Waals surface area contributed by atoms with E-state index in [2.05, 4.69) is 10.3 Å². The summed E-state index contributed by atoms with van der Waals surface area (Å²) in [6, 6.07) is 12.4. The van der Waals surface area contributed by atoms with Gasteiger partial charge in [0, 0.05) is 18.5 Å². The zero-order valence-electron chi connectivity index (χ0n) is 14.0. The van der Waals surface area contributed by atoms with E-state index in [0.717, 1.165) is 17.0 Å². The third-order valence-corrected chi connectivity index (χ3v) is 4.57. The number of amides is 1. The van der Waals surface area contributed by atoms with Crippen LogP contribution in [-0.2, 0) is 6.42 Å². The summed E-state index contributed by atoms with van der Waals surface area (Å²) >= 11 is 12.0. The number of hydrogen-bond donors (Lipinski definition) is 1. The first-order chi connectivity index (χ1) is 12.6.